The van der Waals surface area contributed by atoms with Crippen LogP contribution in [0, 0.1) is 0 Å². The van der Waals surface area contributed by atoms with E-state index in [0.29, 0.717) is 6.04 Å². The molecule has 1 heterocycles. The highest BCUT2D eigenvalue weighted by molar-refractivity contribution is 7.09. The Bertz CT molecular complexity index is 448. The number of hydrogen-bond donors (Lipinski definition) is 1. The molecule has 0 spiro atoms. The van der Waals surface area contributed by atoms with E-state index in [1.54, 1.807) is 11.3 Å². The van der Waals surface area contributed by atoms with Crippen LogP contribution in [0.15, 0.2) is 35.8 Å². The summed E-state index contributed by atoms with van der Waals surface area (Å²) in [6, 6.07) is 9.34. The summed E-state index contributed by atoms with van der Waals surface area (Å²) in [5, 5.41) is 6.75. The lowest BCUT2D eigenvalue weighted by molar-refractivity contribution is 0.518. The van der Waals surface area contributed by atoms with E-state index in [1.165, 1.54) is 11.1 Å². The fourth-order valence-corrected chi connectivity index (χ4v) is 2.60. The Kier molecular flexibility index (Phi) is 4.90. The van der Waals surface area contributed by atoms with Gasteiger partial charge in [0.25, 0.3) is 0 Å². The van der Waals surface area contributed by atoms with Crippen LogP contribution >= 0.6 is 11.3 Å². The van der Waals surface area contributed by atoms with E-state index in [4.69, 9.17) is 0 Å². The normalized spacial score (nSPS) is 12.6. The molecular weight excluding hydrogens is 240 g/mol. The van der Waals surface area contributed by atoms with E-state index in [-0.39, 0.29) is 0 Å². The summed E-state index contributed by atoms with van der Waals surface area (Å²) in [5.41, 5.74) is 2.76. The van der Waals surface area contributed by atoms with E-state index >= 15 is 0 Å². The minimum atomic E-state index is 0.416. The van der Waals surface area contributed by atoms with Crippen LogP contribution < -0.4 is 5.32 Å². The van der Waals surface area contributed by atoms with E-state index in [1.807, 2.05) is 11.6 Å². The molecule has 0 fully saturated rings. The third-order valence-electron chi connectivity index (χ3n) is 3.18. The first kappa shape index (κ1) is 13.2. The van der Waals surface area contributed by atoms with Crippen LogP contribution in [-0.4, -0.2) is 4.98 Å². The number of benzene rings is 1. The topological polar surface area (TPSA) is 24.9 Å². The highest BCUT2D eigenvalue weighted by Gasteiger charge is 2.09. The van der Waals surface area contributed by atoms with Crippen LogP contribution in [0.25, 0.3) is 0 Å². The van der Waals surface area contributed by atoms with Gasteiger partial charge in [0.15, 0.2) is 0 Å². The number of hydrogen-bond acceptors (Lipinski definition) is 3. The fourth-order valence-electron chi connectivity index (χ4n) is 2.03. The SMILES string of the molecule is CCc1ccc(C(CC)NCc2nccs2)cc1. The maximum absolute atomic E-state index is 4.30. The van der Waals surface area contributed by atoms with E-state index in [9.17, 15) is 0 Å². The van der Waals surface area contributed by atoms with Crippen molar-refractivity contribution >= 4 is 11.3 Å². The average molecular weight is 260 g/mol. The Morgan fingerprint density at radius 1 is 1.22 bits per heavy atom. The molecule has 1 aromatic carbocycles. The largest absolute Gasteiger partial charge is 0.304 e. The lowest BCUT2D eigenvalue weighted by Gasteiger charge is -2.17. The molecule has 1 N–H and O–H groups in total. The molecule has 0 aliphatic heterocycles. The average Bonchev–Trinajstić information content (AvgIpc) is 2.93. The van der Waals surface area contributed by atoms with Gasteiger partial charge >= 0.3 is 0 Å². The summed E-state index contributed by atoms with van der Waals surface area (Å²) in [6.45, 7) is 5.26. The zero-order chi connectivity index (χ0) is 12.8. The molecule has 96 valence electrons. The molecule has 2 aromatic rings. The summed E-state index contributed by atoms with van der Waals surface area (Å²) in [5.74, 6) is 0. The smallest absolute Gasteiger partial charge is 0.106 e. The Hall–Kier alpha value is -1.19. The van der Waals surface area contributed by atoms with Crippen LogP contribution in [0.5, 0.6) is 0 Å². The molecule has 0 aliphatic carbocycles. The Morgan fingerprint density at radius 2 is 2.00 bits per heavy atom. The number of rotatable bonds is 6. The summed E-state index contributed by atoms with van der Waals surface area (Å²) < 4.78 is 0. The van der Waals surface area contributed by atoms with Crippen molar-refractivity contribution in [2.75, 3.05) is 0 Å². The molecular formula is C15H20N2S. The fraction of sp³-hybridized carbons (Fsp3) is 0.400. The Labute approximate surface area is 113 Å². The van der Waals surface area contributed by atoms with Crippen LogP contribution in [0.4, 0.5) is 0 Å². The molecule has 0 saturated heterocycles. The highest BCUT2D eigenvalue weighted by atomic mass is 32.1. The van der Waals surface area contributed by atoms with Gasteiger partial charge in [-0.25, -0.2) is 4.98 Å². The van der Waals surface area contributed by atoms with Crippen molar-refractivity contribution in [1.82, 2.24) is 10.3 Å². The molecule has 0 aliphatic rings. The lowest BCUT2D eigenvalue weighted by Crippen LogP contribution is -2.20. The minimum Gasteiger partial charge on any atom is -0.304 e. The van der Waals surface area contributed by atoms with Gasteiger partial charge in [0.1, 0.15) is 5.01 Å². The predicted octanol–water partition coefficient (Wildman–Crippen LogP) is 3.95. The summed E-state index contributed by atoms with van der Waals surface area (Å²) in [7, 11) is 0. The summed E-state index contributed by atoms with van der Waals surface area (Å²) >= 11 is 1.70. The third kappa shape index (κ3) is 3.40. The second kappa shape index (κ2) is 6.66. The van der Waals surface area contributed by atoms with Crippen LogP contribution in [-0.2, 0) is 13.0 Å². The summed E-state index contributed by atoms with van der Waals surface area (Å²) in [6.07, 6.45) is 4.05. The van der Waals surface area contributed by atoms with Crippen LogP contribution in [0.3, 0.4) is 0 Å². The molecule has 0 amide bonds. The first-order valence-corrected chi connectivity index (χ1v) is 7.42. The van der Waals surface area contributed by atoms with Gasteiger partial charge in [0.2, 0.25) is 0 Å². The lowest BCUT2D eigenvalue weighted by atomic mass is 10.0. The van der Waals surface area contributed by atoms with E-state index in [2.05, 4.69) is 48.4 Å². The minimum absolute atomic E-state index is 0.416. The molecule has 0 saturated carbocycles. The van der Waals surface area contributed by atoms with Gasteiger partial charge in [-0.15, -0.1) is 11.3 Å². The molecule has 2 rings (SSSR count). The number of nitrogens with one attached hydrogen (secondary N) is 1. The monoisotopic (exact) mass is 260 g/mol. The first-order valence-electron chi connectivity index (χ1n) is 6.54. The van der Waals surface area contributed by atoms with Gasteiger partial charge in [-0.05, 0) is 24.0 Å². The van der Waals surface area contributed by atoms with Crippen molar-refractivity contribution < 1.29 is 0 Å². The highest BCUT2D eigenvalue weighted by Crippen LogP contribution is 2.18. The molecule has 2 nitrogen and oxygen atoms in total. The van der Waals surface area contributed by atoms with E-state index in [0.717, 1.165) is 24.4 Å². The van der Waals surface area contributed by atoms with Crippen molar-refractivity contribution in [1.29, 1.82) is 0 Å². The standard InChI is InChI=1S/C15H20N2S/c1-3-12-5-7-13(8-6-12)14(4-2)17-11-15-16-9-10-18-15/h5-10,14,17H,3-4,11H2,1-2H3. The molecule has 0 bridgehead atoms. The second-order valence-electron chi connectivity index (χ2n) is 4.36. The molecule has 18 heavy (non-hydrogen) atoms. The van der Waals surface area contributed by atoms with Gasteiger partial charge < -0.3 is 5.32 Å². The first-order chi connectivity index (χ1) is 8.83. The van der Waals surface area contributed by atoms with Crippen molar-refractivity contribution in [2.45, 2.75) is 39.3 Å². The Morgan fingerprint density at radius 3 is 2.56 bits per heavy atom. The zero-order valence-electron chi connectivity index (χ0n) is 11.0. The van der Waals surface area contributed by atoms with Crippen LogP contribution in [0.1, 0.15) is 42.4 Å². The number of thiazole rings is 1. The van der Waals surface area contributed by atoms with Crippen LogP contribution in [0.2, 0.25) is 0 Å². The second-order valence-corrected chi connectivity index (χ2v) is 5.34. The Balaban J connectivity index is 1.98. The van der Waals surface area contributed by atoms with Crippen molar-refractivity contribution in [3.8, 4) is 0 Å². The molecule has 0 radical (unpaired) electrons. The number of aryl methyl sites for hydroxylation is 1. The van der Waals surface area contributed by atoms with E-state index < -0.39 is 0 Å². The van der Waals surface area contributed by atoms with Gasteiger partial charge in [-0.2, -0.15) is 0 Å². The molecule has 3 heteroatoms. The predicted molar refractivity (Wildman–Crippen MR) is 77.8 cm³/mol. The molecule has 1 atom stereocenters. The van der Waals surface area contributed by atoms with Crippen molar-refractivity contribution in [3.05, 3.63) is 52.0 Å². The summed E-state index contributed by atoms with van der Waals surface area (Å²) in [4.78, 5) is 4.30. The quantitative estimate of drug-likeness (QED) is 0.850. The molecule has 1 aromatic heterocycles. The third-order valence-corrected chi connectivity index (χ3v) is 3.96. The zero-order valence-corrected chi connectivity index (χ0v) is 11.8. The maximum Gasteiger partial charge on any atom is 0.106 e. The van der Waals surface area contributed by atoms with Gasteiger partial charge in [-0.3, -0.25) is 0 Å². The van der Waals surface area contributed by atoms with Gasteiger partial charge in [0, 0.05) is 24.2 Å². The maximum atomic E-state index is 4.30. The van der Waals surface area contributed by atoms with Crippen molar-refractivity contribution in [3.63, 3.8) is 0 Å². The molecule has 1 unspecified atom stereocenters. The van der Waals surface area contributed by atoms with Crippen molar-refractivity contribution in [2.24, 2.45) is 0 Å². The number of aromatic nitrogens is 1. The number of nitrogens with zero attached hydrogens (tertiary/aromatic N) is 1. The van der Waals surface area contributed by atoms with Gasteiger partial charge in [-0.1, -0.05) is 38.1 Å². The van der Waals surface area contributed by atoms with Gasteiger partial charge in [0.05, 0.1) is 0 Å².